The summed E-state index contributed by atoms with van der Waals surface area (Å²) in [5, 5.41) is 9.19. The topological polar surface area (TPSA) is 58.9 Å². The fraction of sp³-hybridized carbons (Fsp3) is 0.118. The van der Waals surface area contributed by atoms with Gasteiger partial charge in [0.05, 0.1) is 22.8 Å². The Morgan fingerprint density at radius 2 is 1.33 bits per heavy atom. The Labute approximate surface area is 123 Å². The summed E-state index contributed by atoms with van der Waals surface area (Å²) in [6, 6.07) is 15.4. The highest BCUT2D eigenvalue weighted by atomic mass is 16.2. The zero-order chi connectivity index (χ0) is 14.5. The minimum atomic E-state index is 0.104. The van der Waals surface area contributed by atoms with E-state index in [4.69, 9.17) is 0 Å². The van der Waals surface area contributed by atoms with Crippen LogP contribution >= 0.6 is 0 Å². The maximum atomic E-state index is 9.19. The zero-order valence-corrected chi connectivity index (χ0v) is 11.5. The van der Waals surface area contributed by atoms with Crippen LogP contribution in [0.5, 0.6) is 0 Å². The maximum absolute atomic E-state index is 9.19. The van der Waals surface area contributed by atoms with E-state index < -0.39 is 0 Å². The highest BCUT2D eigenvalue weighted by Gasteiger charge is 2.08. The number of hydrogen-bond acceptors (Lipinski definition) is 4. The van der Waals surface area contributed by atoms with Crippen molar-refractivity contribution in [1.82, 2.24) is 15.0 Å². The Morgan fingerprint density at radius 1 is 0.762 bits per heavy atom. The molecular formula is C17H15N3O. The molecule has 3 rings (SSSR count). The SMILES string of the molecule is OCCc1cc(-c2ccccn2)nc(-c2ccccn2)c1. The molecule has 0 fully saturated rings. The van der Waals surface area contributed by atoms with Crippen molar-refractivity contribution in [3.8, 4) is 22.8 Å². The molecule has 0 bridgehead atoms. The molecule has 0 aliphatic heterocycles. The van der Waals surface area contributed by atoms with Crippen LogP contribution in [0.25, 0.3) is 22.8 Å². The van der Waals surface area contributed by atoms with Crippen molar-refractivity contribution in [2.75, 3.05) is 6.61 Å². The lowest BCUT2D eigenvalue weighted by Gasteiger charge is -2.08. The molecule has 0 saturated carbocycles. The highest BCUT2D eigenvalue weighted by Crippen LogP contribution is 2.22. The largest absolute Gasteiger partial charge is 0.396 e. The third-order valence-electron chi connectivity index (χ3n) is 3.14. The average Bonchev–Trinajstić information content (AvgIpc) is 2.56. The Balaban J connectivity index is 2.11. The molecule has 0 atom stereocenters. The van der Waals surface area contributed by atoms with Crippen LogP contribution in [-0.4, -0.2) is 26.7 Å². The molecule has 3 heterocycles. The van der Waals surface area contributed by atoms with Gasteiger partial charge in [-0.15, -0.1) is 0 Å². The van der Waals surface area contributed by atoms with Crippen LogP contribution < -0.4 is 0 Å². The second-order valence-electron chi connectivity index (χ2n) is 4.65. The van der Waals surface area contributed by atoms with E-state index in [9.17, 15) is 5.11 Å². The lowest BCUT2D eigenvalue weighted by atomic mass is 10.1. The summed E-state index contributed by atoms with van der Waals surface area (Å²) in [5.41, 5.74) is 4.24. The molecule has 0 radical (unpaired) electrons. The van der Waals surface area contributed by atoms with Crippen molar-refractivity contribution < 1.29 is 5.11 Å². The molecule has 0 aliphatic carbocycles. The molecule has 4 heteroatoms. The molecule has 21 heavy (non-hydrogen) atoms. The first-order chi connectivity index (χ1) is 10.4. The number of aliphatic hydroxyl groups excluding tert-OH is 1. The minimum absolute atomic E-state index is 0.104. The van der Waals surface area contributed by atoms with Crippen molar-refractivity contribution >= 4 is 0 Å². The number of hydrogen-bond donors (Lipinski definition) is 1. The maximum Gasteiger partial charge on any atom is 0.0897 e. The molecule has 1 N–H and O–H groups in total. The molecule has 0 saturated heterocycles. The lowest BCUT2D eigenvalue weighted by molar-refractivity contribution is 0.299. The number of nitrogens with zero attached hydrogens (tertiary/aromatic N) is 3. The quantitative estimate of drug-likeness (QED) is 0.796. The van der Waals surface area contributed by atoms with Gasteiger partial charge in [0.25, 0.3) is 0 Å². The van der Waals surface area contributed by atoms with Gasteiger partial charge >= 0.3 is 0 Å². The van der Waals surface area contributed by atoms with Gasteiger partial charge in [-0.3, -0.25) is 9.97 Å². The van der Waals surface area contributed by atoms with E-state index >= 15 is 0 Å². The third-order valence-corrected chi connectivity index (χ3v) is 3.14. The van der Waals surface area contributed by atoms with E-state index in [1.807, 2.05) is 48.5 Å². The molecule has 0 aliphatic rings. The van der Waals surface area contributed by atoms with Crippen LogP contribution in [0.3, 0.4) is 0 Å². The third kappa shape index (κ3) is 3.12. The number of rotatable bonds is 4. The molecule has 4 nitrogen and oxygen atoms in total. The predicted octanol–water partition coefficient (Wildman–Crippen LogP) is 2.74. The van der Waals surface area contributed by atoms with E-state index in [0.717, 1.165) is 28.3 Å². The van der Waals surface area contributed by atoms with Gasteiger partial charge in [0, 0.05) is 19.0 Å². The summed E-state index contributed by atoms with van der Waals surface area (Å²) < 4.78 is 0. The summed E-state index contributed by atoms with van der Waals surface area (Å²) in [5.74, 6) is 0. The molecule has 0 spiro atoms. The van der Waals surface area contributed by atoms with Crippen molar-refractivity contribution in [2.24, 2.45) is 0 Å². The first-order valence-corrected chi connectivity index (χ1v) is 6.81. The van der Waals surface area contributed by atoms with Gasteiger partial charge in [-0.1, -0.05) is 12.1 Å². The van der Waals surface area contributed by atoms with Gasteiger partial charge in [0.15, 0.2) is 0 Å². The summed E-state index contributed by atoms with van der Waals surface area (Å²) in [6.45, 7) is 0.104. The van der Waals surface area contributed by atoms with Crippen LogP contribution in [0.2, 0.25) is 0 Å². The number of aliphatic hydroxyl groups is 1. The van der Waals surface area contributed by atoms with Crippen LogP contribution in [0.1, 0.15) is 5.56 Å². The normalized spacial score (nSPS) is 10.5. The van der Waals surface area contributed by atoms with Crippen molar-refractivity contribution in [3.05, 3.63) is 66.5 Å². The van der Waals surface area contributed by atoms with E-state index in [1.54, 1.807) is 12.4 Å². The summed E-state index contributed by atoms with van der Waals surface area (Å²) in [6.07, 6.45) is 4.08. The second kappa shape index (κ2) is 6.24. The average molecular weight is 277 g/mol. The second-order valence-corrected chi connectivity index (χ2v) is 4.65. The molecule has 3 aromatic rings. The zero-order valence-electron chi connectivity index (χ0n) is 11.5. The summed E-state index contributed by atoms with van der Waals surface area (Å²) in [7, 11) is 0. The number of aromatic nitrogens is 3. The van der Waals surface area contributed by atoms with Gasteiger partial charge in [0.2, 0.25) is 0 Å². The molecule has 104 valence electrons. The lowest BCUT2D eigenvalue weighted by Crippen LogP contribution is -1.97. The van der Waals surface area contributed by atoms with Gasteiger partial charge in [-0.25, -0.2) is 4.98 Å². The molecule has 0 aromatic carbocycles. The van der Waals surface area contributed by atoms with Gasteiger partial charge in [-0.2, -0.15) is 0 Å². The highest BCUT2D eigenvalue weighted by molar-refractivity contribution is 5.63. The smallest absolute Gasteiger partial charge is 0.0897 e. The Bertz CT molecular complexity index is 657. The summed E-state index contributed by atoms with van der Waals surface area (Å²) >= 11 is 0. The monoisotopic (exact) mass is 277 g/mol. The molecular weight excluding hydrogens is 262 g/mol. The Hall–Kier alpha value is -2.59. The standard InChI is InChI=1S/C17H15N3O/c21-10-7-13-11-16(14-5-1-3-8-18-14)20-17(12-13)15-6-2-4-9-19-15/h1-6,8-9,11-12,21H,7,10H2. The van der Waals surface area contributed by atoms with E-state index in [2.05, 4.69) is 15.0 Å². The van der Waals surface area contributed by atoms with Crippen LogP contribution in [0.15, 0.2) is 60.9 Å². The van der Waals surface area contributed by atoms with Crippen LogP contribution in [0.4, 0.5) is 0 Å². The van der Waals surface area contributed by atoms with Crippen molar-refractivity contribution in [2.45, 2.75) is 6.42 Å². The number of pyridine rings is 3. The van der Waals surface area contributed by atoms with Crippen LogP contribution in [-0.2, 0) is 6.42 Å². The first kappa shape index (κ1) is 13.4. The van der Waals surface area contributed by atoms with E-state index in [-0.39, 0.29) is 6.61 Å². The summed E-state index contributed by atoms with van der Waals surface area (Å²) in [4.78, 5) is 13.3. The molecule has 0 amide bonds. The van der Waals surface area contributed by atoms with Crippen molar-refractivity contribution in [3.63, 3.8) is 0 Å². The van der Waals surface area contributed by atoms with Gasteiger partial charge < -0.3 is 5.11 Å². The predicted molar refractivity (Wildman–Crippen MR) is 81.5 cm³/mol. The van der Waals surface area contributed by atoms with Gasteiger partial charge in [0.1, 0.15) is 0 Å². The fourth-order valence-electron chi connectivity index (χ4n) is 2.15. The van der Waals surface area contributed by atoms with Gasteiger partial charge in [-0.05, 0) is 48.4 Å². The van der Waals surface area contributed by atoms with Crippen molar-refractivity contribution in [1.29, 1.82) is 0 Å². The first-order valence-electron chi connectivity index (χ1n) is 6.81. The Morgan fingerprint density at radius 3 is 1.76 bits per heavy atom. The van der Waals surface area contributed by atoms with E-state index in [0.29, 0.717) is 6.42 Å². The van der Waals surface area contributed by atoms with Crippen LogP contribution in [0, 0.1) is 0 Å². The Kier molecular flexibility index (Phi) is 3.98. The van der Waals surface area contributed by atoms with E-state index in [1.165, 1.54) is 0 Å². The minimum Gasteiger partial charge on any atom is -0.396 e. The fourth-order valence-corrected chi connectivity index (χ4v) is 2.15. The molecule has 0 unspecified atom stereocenters. The molecule has 3 aromatic heterocycles.